The molecular formula is C18H22N2O3S. The highest BCUT2D eigenvalue weighted by molar-refractivity contribution is 7.88. The number of sulfonamides is 1. The van der Waals surface area contributed by atoms with Crippen LogP contribution in [-0.4, -0.2) is 56.0 Å². The van der Waals surface area contributed by atoms with Gasteiger partial charge in [0.05, 0.1) is 12.7 Å². The number of nitrogens with zero attached hydrogens (tertiary/aromatic N) is 2. The first kappa shape index (κ1) is 16.9. The smallest absolute Gasteiger partial charge is 0.227 e. The Bertz CT molecular complexity index is 843. The third kappa shape index (κ3) is 3.76. The summed E-state index contributed by atoms with van der Waals surface area (Å²) < 4.78 is 24.8. The number of amides is 1. The Kier molecular flexibility index (Phi) is 4.87. The lowest BCUT2D eigenvalue weighted by atomic mass is 10.0. The van der Waals surface area contributed by atoms with E-state index in [9.17, 15) is 13.2 Å². The molecule has 1 aliphatic rings. The molecule has 24 heavy (non-hydrogen) atoms. The molecule has 1 fully saturated rings. The van der Waals surface area contributed by atoms with Gasteiger partial charge in [-0.1, -0.05) is 42.5 Å². The first-order chi connectivity index (χ1) is 11.4. The molecule has 3 rings (SSSR count). The van der Waals surface area contributed by atoms with Gasteiger partial charge in [0.25, 0.3) is 0 Å². The highest BCUT2D eigenvalue weighted by atomic mass is 32.2. The standard InChI is InChI=1S/C18H22N2O3S/c1-24(22,23)20-11-5-10-19(12-13-20)18(21)14-16-8-4-7-15-6-2-3-9-17(15)16/h2-4,6-9H,5,10-14H2,1H3. The fourth-order valence-electron chi connectivity index (χ4n) is 3.20. The highest BCUT2D eigenvalue weighted by Crippen LogP contribution is 2.20. The molecule has 0 unspecified atom stereocenters. The van der Waals surface area contributed by atoms with E-state index >= 15 is 0 Å². The minimum absolute atomic E-state index is 0.0571. The fraction of sp³-hybridized carbons (Fsp3) is 0.389. The van der Waals surface area contributed by atoms with E-state index in [1.54, 1.807) is 4.90 Å². The van der Waals surface area contributed by atoms with E-state index in [1.807, 2.05) is 42.5 Å². The van der Waals surface area contributed by atoms with Gasteiger partial charge in [0.1, 0.15) is 0 Å². The van der Waals surface area contributed by atoms with E-state index < -0.39 is 10.0 Å². The zero-order valence-corrected chi connectivity index (χ0v) is 14.6. The predicted octanol–water partition coefficient (Wildman–Crippen LogP) is 1.88. The third-order valence-corrected chi connectivity index (χ3v) is 5.80. The number of fused-ring (bicyclic) bond motifs is 1. The van der Waals surface area contributed by atoms with Gasteiger partial charge in [0.15, 0.2) is 0 Å². The predicted molar refractivity (Wildman–Crippen MR) is 95.3 cm³/mol. The van der Waals surface area contributed by atoms with Crippen molar-refractivity contribution in [2.45, 2.75) is 12.8 Å². The van der Waals surface area contributed by atoms with Gasteiger partial charge in [-0.3, -0.25) is 4.79 Å². The molecule has 1 amide bonds. The molecule has 5 nitrogen and oxygen atoms in total. The van der Waals surface area contributed by atoms with Crippen molar-refractivity contribution in [1.29, 1.82) is 0 Å². The second kappa shape index (κ2) is 6.91. The maximum absolute atomic E-state index is 12.7. The Morgan fingerprint density at radius 2 is 1.75 bits per heavy atom. The highest BCUT2D eigenvalue weighted by Gasteiger charge is 2.24. The van der Waals surface area contributed by atoms with Crippen LogP contribution < -0.4 is 0 Å². The quantitative estimate of drug-likeness (QED) is 0.853. The van der Waals surface area contributed by atoms with Crippen LogP contribution in [0.25, 0.3) is 10.8 Å². The first-order valence-corrected chi connectivity index (χ1v) is 9.99. The number of hydrogen-bond donors (Lipinski definition) is 0. The number of carbonyl (C=O) groups is 1. The summed E-state index contributed by atoms with van der Waals surface area (Å²) in [6.07, 6.45) is 2.25. The average Bonchev–Trinajstić information content (AvgIpc) is 2.81. The van der Waals surface area contributed by atoms with Crippen molar-refractivity contribution in [3.8, 4) is 0 Å². The second-order valence-corrected chi connectivity index (χ2v) is 8.19. The van der Waals surface area contributed by atoms with Crippen molar-refractivity contribution in [1.82, 2.24) is 9.21 Å². The lowest BCUT2D eigenvalue weighted by Gasteiger charge is -2.21. The monoisotopic (exact) mass is 346 g/mol. The summed E-state index contributed by atoms with van der Waals surface area (Å²) in [5.74, 6) is 0.0571. The van der Waals surface area contributed by atoms with Crippen molar-refractivity contribution in [2.75, 3.05) is 32.4 Å². The molecule has 0 aromatic heterocycles. The van der Waals surface area contributed by atoms with Gasteiger partial charge in [0, 0.05) is 26.2 Å². The van der Waals surface area contributed by atoms with Crippen molar-refractivity contribution in [2.24, 2.45) is 0 Å². The van der Waals surface area contributed by atoms with Crippen molar-refractivity contribution in [3.63, 3.8) is 0 Å². The second-order valence-electron chi connectivity index (χ2n) is 6.21. The molecule has 0 N–H and O–H groups in total. The maximum atomic E-state index is 12.7. The normalized spacial score (nSPS) is 17.0. The van der Waals surface area contributed by atoms with Crippen LogP contribution in [0.4, 0.5) is 0 Å². The van der Waals surface area contributed by atoms with Gasteiger partial charge in [0.2, 0.25) is 15.9 Å². The van der Waals surface area contributed by atoms with E-state index in [0.29, 0.717) is 39.0 Å². The van der Waals surface area contributed by atoms with Gasteiger partial charge in [-0.25, -0.2) is 12.7 Å². The Morgan fingerprint density at radius 3 is 2.54 bits per heavy atom. The van der Waals surface area contributed by atoms with Gasteiger partial charge < -0.3 is 4.90 Å². The van der Waals surface area contributed by atoms with Crippen molar-refractivity contribution < 1.29 is 13.2 Å². The van der Waals surface area contributed by atoms with Crippen molar-refractivity contribution in [3.05, 3.63) is 48.0 Å². The SMILES string of the molecule is CS(=O)(=O)N1CCCN(C(=O)Cc2cccc3ccccc23)CC1. The van der Waals surface area contributed by atoms with Crippen LogP contribution in [0.15, 0.2) is 42.5 Å². The number of hydrogen-bond acceptors (Lipinski definition) is 3. The van der Waals surface area contributed by atoms with Crippen LogP contribution in [0.3, 0.4) is 0 Å². The van der Waals surface area contributed by atoms with Gasteiger partial charge in [-0.15, -0.1) is 0 Å². The summed E-state index contributed by atoms with van der Waals surface area (Å²) in [5.41, 5.74) is 1.02. The Labute approximate surface area is 142 Å². The molecule has 0 atom stereocenters. The molecule has 0 saturated carbocycles. The van der Waals surface area contributed by atoms with E-state index in [-0.39, 0.29) is 5.91 Å². The summed E-state index contributed by atoms with van der Waals surface area (Å²) in [7, 11) is -3.19. The zero-order chi connectivity index (χ0) is 17.2. The number of benzene rings is 2. The summed E-state index contributed by atoms with van der Waals surface area (Å²) in [4.78, 5) is 14.5. The minimum Gasteiger partial charge on any atom is -0.341 e. The van der Waals surface area contributed by atoms with Crippen LogP contribution in [-0.2, 0) is 21.2 Å². The lowest BCUT2D eigenvalue weighted by Crippen LogP contribution is -2.37. The first-order valence-electron chi connectivity index (χ1n) is 8.15. The third-order valence-electron chi connectivity index (χ3n) is 4.50. The summed E-state index contributed by atoms with van der Waals surface area (Å²) in [6.45, 7) is 1.92. The van der Waals surface area contributed by atoms with Crippen molar-refractivity contribution >= 4 is 26.7 Å². The molecule has 1 heterocycles. The molecule has 0 spiro atoms. The van der Waals surface area contributed by atoms with Crippen LogP contribution in [0.5, 0.6) is 0 Å². The minimum atomic E-state index is -3.19. The molecular weight excluding hydrogens is 324 g/mol. The molecule has 0 radical (unpaired) electrons. The van der Waals surface area contributed by atoms with Crippen LogP contribution in [0.1, 0.15) is 12.0 Å². The summed E-state index contributed by atoms with van der Waals surface area (Å²) in [5, 5.41) is 2.22. The maximum Gasteiger partial charge on any atom is 0.227 e. The molecule has 1 aliphatic heterocycles. The fourth-order valence-corrected chi connectivity index (χ4v) is 4.07. The molecule has 128 valence electrons. The van der Waals surface area contributed by atoms with E-state index in [2.05, 4.69) is 0 Å². The lowest BCUT2D eigenvalue weighted by molar-refractivity contribution is -0.130. The summed E-state index contributed by atoms with van der Waals surface area (Å²) >= 11 is 0. The number of rotatable bonds is 3. The molecule has 6 heteroatoms. The molecule has 1 saturated heterocycles. The van der Waals surface area contributed by atoms with Crippen LogP contribution in [0.2, 0.25) is 0 Å². The Hall–Kier alpha value is -1.92. The molecule has 0 aliphatic carbocycles. The van der Waals surface area contributed by atoms with Crippen LogP contribution >= 0.6 is 0 Å². The van der Waals surface area contributed by atoms with Crippen LogP contribution in [0, 0.1) is 0 Å². The number of carbonyl (C=O) groups excluding carboxylic acids is 1. The molecule has 2 aromatic rings. The van der Waals surface area contributed by atoms with E-state index in [0.717, 1.165) is 16.3 Å². The Balaban J connectivity index is 1.73. The van der Waals surface area contributed by atoms with E-state index in [4.69, 9.17) is 0 Å². The average molecular weight is 346 g/mol. The molecule has 2 aromatic carbocycles. The van der Waals surface area contributed by atoms with Gasteiger partial charge in [-0.2, -0.15) is 0 Å². The van der Waals surface area contributed by atoms with Gasteiger partial charge in [-0.05, 0) is 22.8 Å². The largest absolute Gasteiger partial charge is 0.341 e. The van der Waals surface area contributed by atoms with Gasteiger partial charge >= 0.3 is 0 Å². The van der Waals surface area contributed by atoms with E-state index in [1.165, 1.54) is 10.6 Å². The summed E-state index contributed by atoms with van der Waals surface area (Å²) in [6, 6.07) is 14.0. The zero-order valence-electron chi connectivity index (χ0n) is 13.8. The topological polar surface area (TPSA) is 57.7 Å². The molecule has 0 bridgehead atoms. The Morgan fingerprint density at radius 1 is 1.00 bits per heavy atom.